The molecule has 2 rings (SSSR count). The molecule has 0 spiro atoms. The molecule has 0 heterocycles. The molecule has 0 saturated heterocycles. The molecule has 0 aliphatic carbocycles. The summed E-state index contributed by atoms with van der Waals surface area (Å²) in [6.45, 7) is 3.36. The molecule has 136 valence electrons. The fourth-order valence-electron chi connectivity index (χ4n) is 2.40. The van der Waals surface area contributed by atoms with E-state index in [-0.39, 0.29) is 5.57 Å². The quantitative estimate of drug-likeness (QED) is 0.352. The lowest BCUT2D eigenvalue weighted by atomic mass is 9.96. The fourth-order valence-corrected chi connectivity index (χ4v) is 2.40. The van der Waals surface area contributed by atoms with Crippen LogP contribution in [-0.4, -0.2) is 31.0 Å². The number of oxime groups is 1. The van der Waals surface area contributed by atoms with E-state index in [4.69, 9.17) is 14.3 Å². The molecule has 0 aromatic heterocycles. The van der Waals surface area contributed by atoms with Crippen LogP contribution in [0.3, 0.4) is 0 Å². The first-order chi connectivity index (χ1) is 12.5. The Hall–Kier alpha value is -3.28. The predicted octanol–water partition coefficient (Wildman–Crippen LogP) is 3.96. The summed E-state index contributed by atoms with van der Waals surface area (Å²) >= 11 is 0. The van der Waals surface area contributed by atoms with Crippen molar-refractivity contribution in [3.63, 3.8) is 0 Å². The van der Waals surface area contributed by atoms with Crippen LogP contribution in [0.4, 0.5) is 0 Å². The highest BCUT2D eigenvalue weighted by molar-refractivity contribution is 6.19. The Balaban J connectivity index is 2.40. The summed E-state index contributed by atoms with van der Waals surface area (Å²) < 4.78 is 10.3. The maximum atomic E-state index is 11.7. The Morgan fingerprint density at radius 2 is 1.62 bits per heavy atom. The van der Waals surface area contributed by atoms with Gasteiger partial charge in [-0.15, -0.1) is 0 Å². The van der Waals surface area contributed by atoms with Crippen molar-refractivity contribution in [2.45, 2.75) is 13.8 Å². The van der Waals surface area contributed by atoms with Gasteiger partial charge in [0.1, 0.15) is 17.1 Å². The largest absolute Gasteiger partial charge is 0.500 e. The van der Waals surface area contributed by atoms with Crippen molar-refractivity contribution < 1.29 is 24.2 Å². The molecule has 1 N–H and O–H groups in total. The zero-order valence-electron chi connectivity index (χ0n) is 15.1. The van der Waals surface area contributed by atoms with Crippen molar-refractivity contribution in [1.29, 1.82) is 0 Å². The first-order valence-corrected chi connectivity index (χ1v) is 7.91. The van der Waals surface area contributed by atoms with E-state index in [0.717, 1.165) is 0 Å². The smallest absolute Gasteiger partial charge is 0.339 e. The van der Waals surface area contributed by atoms with E-state index in [1.807, 2.05) is 6.07 Å². The Kier molecular flexibility index (Phi) is 6.38. The second-order valence-corrected chi connectivity index (χ2v) is 5.43. The van der Waals surface area contributed by atoms with Gasteiger partial charge >= 0.3 is 5.97 Å². The van der Waals surface area contributed by atoms with E-state index in [2.05, 4.69) is 5.16 Å². The molecule has 2 aromatic carbocycles. The predicted molar refractivity (Wildman–Crippen MR) is 99.5 cm³/mol. The molecule has 0 atom stereocenters. The highest BCUT2D eigenvalue weighted by atomic mass is 16.6. The van der Waals surface area contributed by atoms with E-state index >= 15 is 0 Å². The topological polar surface area (TPSA) is 77.4 Å². The lowest BCUT2D eigenvalue weighted by molar-refractivity contribution is -0.130. The second kappa shape index (κ2) is 8.71. The number of ether oxygens (including phenoxy) is 2. The summed E-state index contributed by atoms with van der Waals surface area (Å²) in [7, 11) is 3.01. The Labute approximate surface area is 152 Å². The van der Waals surface area contributed by atoms with E-state index < -0.39 is 5.97 Å². The maximum Gasteiger partial charge on any atom is 0.339 e. The van der Waals surface area contributed by atoms with E-state index in [9.17, 15) is 9.90 Å². The summed E-state index contributed by atoms with van der Waals surface area (Å²) in [5.74, 6) is 0.413. The van der Waals surface area contributed by atoms with Crippen LogP contribution in [0.15, 0.2) is 59.4 Å². The van der Waals surface area contributed by atoms with Crippen molar-refractivity contribution in [3.05, 3.63) is 65.4 Å². The SMILES string of the molecule is COC(C)=C(C(=O)O)c1ccccc1C(C)=NOc1cccc(OC)c1. The summed E-state index contributed by atoms with van der Waals surface area (Å²) in [6.07, 6.45) is 0. The number of carbonyl (C=O) groups is 1. The molecule has 6 nitrogen and oxygen atoms in total. The van der Waals surface area contributed by atoms with Gasteiger partial charge in [0.2, 0.25) is 0 Å². The van der Waals surface area contributed by atoms with E-state index in [1.165, 1.54) is 7.11 Å². The van der Waals surface area contributed by atoms with Crippen LogP contribution >= 0.6 is 0 Å². The number of benzene rings is 2. The van der Waals surface area contributed by atoms with Crippen molar-refractivity contribution in [2.75, 3.05) is 14.2 Å². The minimum atomic E-state index is -1.07. The maximum absolute atomic E-state index is 11.7. The summed E-state index contributed by atoms with van der Waals surface area (Å²) in [5, 5.41) is 13.7. The molecule has 0 amide bonds. The third kappa shape index (κ3) is 4.42. The van der Waals surface area contributed by atoms with Gasteiger partial charge in [0.15, 0.2) is 5.75 Å². The van der Waals surface area contributed by atoms with Crippen LogP contribution in [0.25, 0.3) is 5.57 Å². The van der Waals surface area contributed by atoms with Gasteiger partial charge in [-0.1, -0.05) is 35.5 Å². The molecule has 26 heavy (non-hydrogen) atoms. The molecule has 2 aromatic rings. The number of methoxy groups -OCH3 is 2. The van der Waals surface area contributed by atoms with Crippen LogP contribution in [0.2, 0.25) is 0 Å². The Morgan fingerprint density at radius 1 is 0.962 bits per heavy atom. The van der Waals surface area contributed by atoms with Gasteiger partial charge in [0.05, 0.1) is 19.9 Å². The van der Waals surface area contributed by atoms with Crippen molar-refractivity contribution >= 4 is 17.3 Å². The second-order valence-electron chi connectivity index (χ2n) is 5.43. The normalized spacial score (nSPS) is 12.2. The van der Waals surface area contributed by atoms with Gasteiger partial charge in [-0.3, -0.25) is 0 Å². The molecular formula is C20H21NO5. The van der Waals surface area contributed by atoms with Gasteiger partial charge in [-0.2, -0.15) is 0 Å². The van der Waals surface area contributed by atoms with E-state index in [0.29, 0.717) is 34.1 Å². The zero-order valence-corrected chi connectivity index (χ0v) is 15.1. The minimum absolute atomic E-state index is 0.0824. The lowest BCUT2D eigenvalue weighted by Gasteiger charge is -2.12. The molecule has 0 aliphatic rings. The van der Waals surface area contributed by atoms with E-state index in [1.54, 1.807) is 63.4 Å². The molecule has 0 radical (unpaired) electrons. The number of carboxylic acids is 1. The number of hydrogen-bond donors (Lipinski definition) is 1. The summed E-state index contributed by atoms with van der Waals surface area (Å²) in [6, 6.07) is 14.1. The van der Waals surface area contributed by atoms with Crippen LogP contribution in [0.5, 0.6) is 11.5 Å². The van der Waals surface area contributed by atoms with Crippen LogP contribution in [0, 0.1) is 0 Å². The number of rotatable bonds is 7. The molecule has 0 aliphatic heterocycles. The van der Waals surface area contributed by atoms with Gasteiger partial charge < -0.3 is 19.4 Å². The average molecular weight is 355 g/mol. The summed E-state index contributed by atoms with van der Waals surface area (Å²) in [5.41, 5.74) is 1.77. The average Bonchev–Trinajstić information content (AvgIpc) is 2.66. The number of allylic oxidation sites excluding steroid dienone is 1. The molecule has 0 fully saturated rings. The monoisotopic (exact) mass is 355 g/mol. The van der Waals surface area contributed by atoms with Crippen LogP contribution < -0.4 is 9.57 Å². The minimum Gasteiger partial charge on any atom is -0.500 e. The molecule has 0 bridgehead atoms. The molecule has 0 unspecified atom stereocenters. The van der Waals surface area contributed by atoms with Crippen molar-refractivity contribution in [3.8, 4) is 11.5 Å². The van der Waals surface area contributed by atoms with Gasteiger partial charge in [-0.25, -0.2) is 4.79 Å². The summed E-state index contributed by atoms with van der Waals surface area (Å²) in [4.78, 5) is 17.2. The first-order valence-electron chi connectivity index (χ1n) is 7.91. The van der Waals surface area contributed by atoms with Crippen LogP contribution in [-0.2, 0) is 9.53 Å². The Morgan fingerprint density at radius 3 is 2.23 bits per heavy atom. The third-order valence-electron chi connectivity index (χ3n) is 3.79. The first kappa shape index (κ1) is 19.1. The fraction of sp³-hybridized carbons (Fsp3) is 0.200. The number of hydrogen-bond acceptors (Lipinski definition) is 5. The number of nitrogens with zero attached hydrogens (tertiary/aromatic N) is 1. The van der Waals surface area contributed by atoms with Gasteiger partial charge in [0, 0.05) is 17.2 Å². The molecule has 6 heteroatoms. The number of carboxylic acid groups (broad SMARTS) is 1. The molecule has 0 saturated carbocycles. The highest BCUT2D eigenvalue weighted by Gasteiger charge is 2.19. The Bertz CT molecular complexity index is 855. The van der Waals surface area contributed by atoms with Crippen LogP contribution in [0.1, 0.15) is 25.0 Å². The highest BCUT2D eigenvalue weighted by Crippen LogP contribution is 2.25. The van der Waals surface area contributed by atoms with Crippen molar-refractivity contribution in [1.82, 2.24) is 0 Å². The lowest BCUT2D eigenvalue weighted by Crippen LogP contribution is -2.09. The zero-order chi connectivity index (χ0) is 19.1. The third-order valence-corrected chi connectivity index (χ3v) is 3.79. The molecular weight excluding hydrogens is 334 g/mol. The van der Waals surface area contributed by atoms with Gasteiger partial charge in [-0.05, 0) is 26.0 Å². The standard InChI is InChI=1S/C20H21NO5/c1-13(21-26-16-9-7-8-15(12-16)25-4)17-10-5-6-11-18(17)19(20(22)23)14(2)24-3/h5-12H,1-4H3,(H,22,23). The van der Waals surface area contributed by atoms with Gasteiger partial charge in [0.25, 0.3) is 0 Å². The number of aliphatic carboxylic acids is 1. The van der Waals surface area contributed by atoms with Crippen molar-refractivity contribution in [2.24, 2.45) is 5.16 Å².